The van der Waals surface area contributed by atoms with Crippen molar-refractivity contribution in [3.8, 4) is 11.3 Å². The molecule has 1 aromatic carbocycles. The molecule has 1 saturated heterocycles. The molecule has 5 nitrogen and oxygen atoms in total. The Morgan fingerprint density at radius 1 is 1.17 bits per heavy atom. The van der Waals surface area contributed by atoms with Gasteiger partial charge in [0.25, 0.3) is 5.56 Å². The maximum absolute atomic E-state index is 12.3. The van der Waals surface area contributed by atoms with E-state index < -0.39 is 0 Å². The molecule has 1 aromatic heterocycles. The van der Waals surface area contributed by atoms with Crippen LogP contribution in [0.3, 0.4) is 0 Å². The topological polar surface area (TPSA) is 47.4 Å². The number of rotatable bonds is 4. The van der Waals surface area contributed by atoms with E-state index in [0.29, 0.717) is 17.1 Å². The fourth-order valence-corrected chi connectivity index (χ4v) is 2.77. The second-order valence-electron chi connectivity index (χ2n) is 5.70. The lowest BCUT2D eigenvalue weighted by Crippen LogP contribution is -2.40. The van der Waals surface area contributed by atoms with Gasteiger partial charge in [0.2, 0.25) is 0 Å². The van der Waals surface area contributed by atoms with Gasteiger partial charge in [0.05, 0.1) is 25.5 Å². The minimum Gasteiger partial charge on any atom is -0.379 e. The van der Waals surface area contributed by atoms with Crippen LogP contribution in [0, 0.1) is 6.92 Å². The van der Waals surface area contributed by atoms with Crippen molar-refractivity contribution < 1.29 is 4.74 Å². The molecule has 0 N–H and O–H groups in total. The molecule has 0 atom stereocenters. The number of halogens is 1. The Labute approximate surface area is 140 Å². The maximum Gasteiger partial charge on any atom is 0.269 e. The Kier molecular flexibility index (Phi) is 5.10. The lowest BCUT2D eigenvalue weighted by molar-refractivity contribution is 0.0358. The zero-order chi connectivity index (χ0) is 16.2. The van der Waals surface area contributed by atoms with Crippen molar-refractivity contribution in [1.29, 1.82) is 0 Å². The quantitative estimate of drug-likeness (QED) is 0.860. The Balaban J connectivity index is 1.81. The van der Waals surface area contributed by atoms with E-state index in [2.05, 4.69) is 10.00 Å². The van der Waals surface area contributed by atoms with Gasteiger partial charge in [-0.05, 0) is 25.1 Å². The maximum atomic E-state index is 12.3. The minimum atomic E-state index is -0.0315. The molecule has 0 aliphatic carbocycles. The number of hydrogen-bond donors (Lipinski definition) is 0. The standard InChI is InChI=1S/C17H20ClN3O2/c1-13-12-16(14-2-4-15(18)5-3-14)19-21(17(13)22)7-6-20-8-10-23-11-9-20/h2-5,12H,6-11H2,1H3. The molecule has 122 valence electrons. The van der Waals surface area contributed by atoms with Crippen LogP contribution in [0.15, 0.2) is 35.1 Å². The van der Waals surface area contributed by atoms with Crippen molar-refractivity contribution in [2.24, 2.45) is 0 Å². The van der Waals surface area contributed by atoms with Crippen molar-refractivity contribution in [2.45, 2.75) is 13.5 Å². The molecule has 1 aliphatic rings. The summed E-state index contributed by atoms with van der Waals surface area (Å²) >= 11 is 5.93. The predicted octanol–water partition coefficient (Wildman–Crippen LogP) is 2.20. The fraction of sp³-hybridized carbons (Fsp3) is 0.412. The molecule has 0 saturated carbocycles. The molecular formula is C17H20ClN3O2. The first kappa shape index (κ1) is 16.2. The van der Waals surface area contributed by atoms with E-state index >= 15 is 0 Å². The third-order valence-corrected chi connectivity index (χ3v) is 4.28. The average molecular weight is 334 g/mol. The lowest BCUT2D eigenvalue weighted by Gasteiger charge is -2.26. The van der Waals surface area contributed by atoms with Crippen molar-refractivity contribution in [1.82, 2.24) is 14.7 Å². The summed E-state index contributed by atoms with van der Waals surface area (Å²) < 4.78 is 6.91. The molecule has 3 rings (SSSR count). The van der Waals surface area contributed by atoms with Crippen LogP contribution in [0.5, 0.6) is 0 Å². The Bertz CT molecular complexity index is 722. The Morgan fingerprint density at radius 3 is 2.57 bits per heavy atom. The third-order valence-electron chi connectivity index (χ3n) is 4.03. The van der Waals surface area contributed by atoms with Crippen LogP contribution >= 0.6 is 11.6 Å². The van der Waals surface area contributed by atoms with Gasteiger partial charge in [0, 0.05) is 35.8 Å². The third kappa shape index (κ3) is 3.99. The minimum absolute atomic E-state index is 0.0315. The highest BCUT2D eigenvalue weighted by Crippen LogP contribution is 2.19. The van der Waals surface area contributed by atoms with Gasteiger partial charge >= 0.3 is 0 Å². The predicted molar refractivity (Wildman–Crippen MR) is 90.9 cm³/mol. The van der Waals surface area contributed by atoms with E-state index in [1.165, 1.54) is 0 Å². The number of nitrogens with zero attached hydrogens (tertiary/aromatic N) is 3. The van der Waals surface area contributed by atoms with Crippen LogP contribution in [-0.4, -0.2) is 47.5 Å². The number of benzene rings is 1. The van der Waals surface area contributed by atoms with Crippen LogP contribution in [0.1, 0.15) is 5.56 Å². The monoisotopic (exact) mass is 333 g/mol. The molecule has 23 heavy (non-hydrogen) atoms. The van der Waals surface area contributed by atoms with E-state index in [0.717, 1.165) is 44.1 Å². The van der Waals surface area contributed by atoms with Crippen LogP contribution in [0.25, 0.3) is 11.3 Å². The van der Waals surface area contributed by atoms with Gasteiger partial charge in [-0.3, -0.25) is 9.69 Å². The van der Waals surface area contributed by atoms with Crippen molar-refractivity contribution in [3.63, 3.8) is 0 Å². The first-order chi connectivity index (χ1) is 11.1. The first-order valence-electron chi connectivity index (χ1n) is 7.78. The Hall–Kier alpha value is -1.69. The van der Waals surface area contributed by atoms with E-state index in [4.69, 9.17) is 16.3 Å². The molecule has 2 heterocycles. The summed E-state index contributed by atoms with van der Waals surface area (Å²) in [6.45, 7) is 6.54. The van der Waals surface area contributed by atoms with Gasteiger partial charge in [0.15, 0.2) is 0 Å². The summed E-state index contributed by atoms with van der Waals surface area (Å²) in [4.78, 5) is 14.6. The number of morpholine rings is 1. The number of aryl methyl sites for hydroxylation is 1. The van der Waals surface area contributed by atoms with Crippen LogP contribution in [-0.2, 0) is 11.3 Å². The second kappa shape index (κ2) is 7.25. The number of ether oxygens (including phenoxy) is 1. The van der Waals surface area contributed by atoms with Crippen molar-refractivity contribution >= 4 is 11.6 Å². The van der Waals surface area contributed by atoms with E-state index in [1.807, 2.05) is 37.3 Å². The van der Waals surface area contributed by atoms with Crippen LogP contribution in [0.2, 0.25) is 5.02 Å². The summed E-state index contributed by atoms with van der Waals surface area (Å²) in [7, 11) is 0. The molecule has 0 amide bonds. The zero-order valence-electron chi connectivity index (χ0n) is 13.2. The summed E-state index contributed by atoms with van der Waals surface area (Å²) in [5, 5.41) is 5.21. The smallest absolute Gasteiger partial charge is 0.269 e. The highest BCUT2D eigenvalue weighted by Gasteiger charge is 2.12. The summed E-state index contributed by atoms with van der Waals surface area (Å²) in [5.41, 5.74) is 2.42. The first-order valence-corrected chi connectivity index (χ1v) is 8.16. The summed E-state index contributed by atoms with van der Waals surface area (Å²) in [6.07, 6.45) is 0. The summed E-state index contributed by atoms with van der Waals surface area (Å²) in [6, 6.07) is 9.33. The molecule has 0 spiro atoms. The van der Waals surface area contributed by atoms with Crippen LogP contribution in [0.4, 0.5) is 0 Å². The lowest BCUT2D eigenvalue weighted by atomic mass is 10.1. The Morgan fingerprint density at radius 2 is 1.87 bits per heavy atom. The molecule has 1 fully saturated rings. The SMILES string of the molecule is Cc1cc(-c2ccc(Cl)cc2)nn(CCN2CCOCC2)c1=O. The van der Waals surface area contributed by atoms with Crippen molar-refractivity contribution in [3.05, 3.63) is 51.3 Å². The van der Waals surface area contributed by atoms with Crippen molar-refractivity contribution in [2.75, 3.05) is 32.8 Å². The van der Waals surface area contributed by atoms with Gasteiger partial charge in [-0.2, -0.15) is 5.10 Å². The van der Waals surface area contributed by atoms with E-state index in [1.54, 1.807) is 4.68 Å². The molecule has 6 heteroatoms. The molecule has 2 aromatic rings. The average Bonchev–Trinajstić information content (AvgIpc) is 2.58. The highest BCUT2D eigenvalue weighted by molar-refractivity contribution is 6.30. The molecule has 0 unspecified atom stereocenters. The van der Waals surface area contributed by atoms with E-state index in [9.17, 15) is 4.79 Å². The van der Waals surface area contributed by atoms with Gasteiger partial charge in [-0.15, -0.1) is 0 Å². The van der Waals surface area contributed by atoms with Gasteiger partial charge in [-0.1, -0.05) is 23.7 Å². The fourth-order valence-electron chi connectivity index (χ4n) is 2.65. The number of hydrogen-bond acceptors (Lipinski definition) is 4. The van der Waals surface area contributed by atoms with E-state index in [-0.39, 0.29) is 5.56 Å². The molecule has 1 aliphatic heterocycles. The van der Waals surface area contributed by atoms with Crippen LogP contribution < -0.4 is 5.56 Å². The largest absolute Gasteiger partial charge is 0.379 e. The molecular weight excluding hydrogens is 314 g/mol. The highest BCUT2D eigenvalue weighted by atomic mass is 35.5. The van der Waals surface area contributed by atoms with Gasteiger partial charge < -0.3 is 4.74 Å². The molecule has 0 bridgehead atoms. The van der Waals surface area contributed by atoms with Gasteiger partial charge in [0.1, 0.15) is 0 Å². The zero-order valence-corrected chi connectivity index (χ0v) is 13.9. The number of aromatic nitrogens is 2. The molecule has 0 radical (unpaired) electrons. The van der Waals surface area contributed by atoms with Gasteiger partial charge in [-0.25, -0.2) is 4.68 Å². The summed E-state index contributed by atoms with van der Waals surface area (Å²) in [5.74, 6) is 0. The second-order valence-corrected chi connectivity index (χ2v) is 6.14. The normalized spacial score (nSPS) is 15.7.